The molecule has 0 spiro atoms. The van der Waals surface area contributed by atoms with Gasteiger partial charge in [-0.25, -0.2) is 0 Å². The molecular formula is C10H8ClNOS. The van der Waals surface area contributed by atoms with Crippen LogP contribution in [0.3, 0.4) is 0 Å². The average molecular weight is 226 g/mol. The first kappa shape index (κ1) is 11.0. The first-order chi connectivity index (χ1) is 6.69. The van der Waals surface area contributed by atoms with Gasteiger partial charge in [-0.1, -0.05) is 17.5 Å². The van der Waals surface area contributed by atoms with Crippen molar-refractivity contribution >= 4 is 36.3 Å². The number of hydrogen-bond donors (Lipinski definition) is 1. The summed E-state index contributed by atoms with van der Waals surface area (Å²) >= 11 is 9.99. The van der Waals surface area contributed by atoms with Gasteiger partial charge in [0.2, 0.25) is 6.41 Å². The summed E-state index contributed by atoms with van der Waals surface area (Å²) in [6, 6.07) is 5.07. The van der Waals surface area contributed by atoms with E-state index in [4.69, 9.17) is 18.0 Å². The van der Waals surface area contributed by atoms with Crippen LogP contribution >= 0.6 is 24.2 Å². The molecule has 0 aliphatic heterocycles. The smallest absolute Gasteiger partial charge is 0.215 e. The number of halogens is 1. The van der Waals surface area contributed by atoms with Crippen LogP contribution in [0.2, 0.25) is 5.02 Å². The molecule has 0 unspecified atom stereocenters. The van der Waals surface area contributed by atoms with Gasteiger partial charge in [0.1, 0.15) is 0 Å². The SMILES string of the molecule is C#CCN(C=O)c1cc(Cl)ccc1S. The number of amides is 1. The standard InChI is InChI=1S/C10H8ClNOS/c1-2-5-12(7-13)9-6-8(11)3-4-10(9)14/h1,3-4,6-7,14H,5H2. The lowest BCUT2D eigenvalue weighted by molar-refractivity contribution is -0.107. The molecule has 0 heterocycles. The molecule has 0 saturated heterocycles. The van der Waals surface area contributed by atoms with E-state index >= 15 is 0 Å². The van der Waals surface area contributed by atoms with E-state index in [9.17, 15) is 4.79 Å². The lowest BCUT2D eigenvalue weighted by Gasteiger charge is -2.16. The van der Waals surface area contributed by atoms with Crippen molar-refractivity contribution < 1.29 is 4.79 Å². The van der Waals surface area contributed by atoms with Crippen LogP contribution in [0.4, 0.5) is 5.69 Å². The number of hydrogen-bond acceptors (Lipinski definition) is 2. The molecule has 0 bridgehead atoms. The Morgan fingerprint density at radius 3 is 2.93 bits per heavy atom. The fourth-order valence-corrected chi connectivity index (χ4v) is 1.44. The van der Waals surface area contributed by atoms with Crippen LogP contribution in [0.1, 0.15) is 0 Å². The second kappa shape index (κ2) is 4.94. The van der Waals surface area contributed by atoms with E-state index in [1.807, 2.05) is 0 Å². The zero-order chi connectivity index (χ0) is 10.6. The first-order valence-corrected chi connectivity index (χ1v) is 4.65. The number of carbonyl (C=O) groups excluding carboxylic acids is 1. The summed E-state index contributed by atoms with van der Waals surface area (Å²) in [6.45, 7) is 0.206. The summed E-state index contributed by atoms with van der Waals surface area (Å²) in [5, 5.41) is 0.543. The van der Waals surface area contributed by atoms with Gasteiger partial charge in [-0.3, -0.25) is 4.79 Å². The monoisotopic (exact) mass is 225 g/mol. The van der Waals surface area contributed by atoms with Crippen molar-refractivity contribution in [3.63, 3.8) is 0 Å². The molecule has 1 amide bonds. The number of nitrogens with zero attached hydrogens (tertiary/aromatic N) is 1. The minimum absolute atomic E-state index is 0.206. The summed E-state index contributed by atoms with van der Waals surface area (Å²) < 4.78 is 0. The van der Waals surface area contributed by atoms with Gasteiger partial charge in [0.15, 0.2) is 0 Å². The van der Waals surface area contributed by atoms with E-state index in [-0.39, 0.29) is 6.54 Å². The number of rotatable bonds is 3. The van der Waals surface area contributed by atoms with Crippen molar-refractivity contribution in [2.45, 2.75) is 4.90 Å². The minimum atomic E-state index is 0.206. The quantitative estimate of drug-likeness (QED) is 0.475. The van der Waals surface area contributed by atoms with E-state index < -0.39 is 0 Å². The van der Waals surface area contributed by atoms with Crippen LogP contribution in [0.25, 0.3) is 0 Å². The first-order valence-electron chi connectivity index (χ1n) is 3.83. The highest BCUT2D eigenvalue weighted by Crippen LogP contribution is 2.26. The maximum absolute atomic E-state index is 10.7. The molecule has 1 rings (SSSR count). The highest BCUT2D eigenvalue weighted by Gasteiger charge is 2.07. The minimum Gasteiger partial charge on any atom is -0.302 e. The maximum atomic E-state index is 10.7. The lowest BCUT2D eigenvalue weighted by atomic mass is 10.3. The van der Waals surface area contributed by atoms with Crippen LogP contribution in [-0.2, 0) is 4.79 Å². The average Bonchev–Trinajstić information content (AvgIpc) is 2.18. The lowest BCUT2D eigenvalue weighted by Crippen LogP contribution is -2.21. The van der Waals surface area contributed by atoms with Crippen molar-refractivity contribution in [2.24, 2.45) is 0 Å². The number of terminal acetylenes is 1. The number of benzene rings is 1. The molecule has 0 aromatic heterocycles. The molecule has 1 aromatic rings. The molecule has 72 valence electrons. The van der Waals surface area contributed by atoms with Crippen LogP contribution < -0.4 is 4.90 Å². The number of thiol groups is 1. The van der Waals surface area contributed by atoms with Crippen molar-refractivity contribution in [3.05, 3.63) is 23.2 Å². The van der Waals surface area contributed by atoms with Crippen LogP contribution in [0.5, 0.6) is 0 Å². The molecule has 0 fully saturated rings. The largest absolute Gasteiger partial charge is 0.302 e. The Balaban J connectivity index is 3.09. The predicted molar refractivity (Wildman–Crippen MR) is 60.9 cm³/mol. The van der Waals surface area contributed by atoms with Gasteiger partial charge in [0.25, 0.3) is 0 Å². The van der Waals surface area contributed by atoms with Crippen molar-refractivity contribution in [1.29, 1.82) is 0 Å². The van der Waals surface area contributed by atoms with Crippen LogP contribution in [0.15, 0.2) is 23.1 Å². The van der Waals surface area contributed by atoms with Gasteiger partial charge in [-0.2, -0.15) is 0 Å². The molecule has 1 aromatic carbocycles. The van der Waals surface area contributed by atoms with Gasteiger partial charge >= 0.3 is 0 Å². The molecule has 2 nitrogen and oxygen atoms in total. The maximum Gasteiger partial charge on any atom is 0.215 e. The molecule has 0 radical (unpaired) electrons. The Bertz CT molecular complexity index is 386. The highest BCUT2D eigenvalue weighted by molar-refractivity contribution is 7.80. The van der Waals surface area contributed by atoms with E-state index in [1.165, 1.54) is 4.90 Å². The highest BCUT2D eigenvalue weighted by atomic mass is 35.5. The topological polar surface area (TPSA) is 20.3 Å². The third-order valence-electron chi connectivity index (χ3n) is 1.64. The van der Waals surface area contributed by atoms with Crippen LogP contribution in [0, 0.1) is 12.3 Å². The zero-order valence-corrected chi connectivity index (χ0v) is 8.92. The van der Waals surface area contributed by atoms with Gasteiger partial charge in [-0.05, 0) is 18.2 Å². The van der Waals surface area contributed by atoms with Gasteiger partial charge in [-0.15, -0.1) is 19.1 Å². The third-order valence-corrected chi connectivity index (χ3v) is 2.25. The van der Waals surface area contributed by atoms with Gasteiger partial charge in [0.05, 0.1) is 12.2 Å². The fraction of sp³-hybridized carbons (Fsp3) is 0.100. The number of anilines is 1. The molecule has 0 saturated carbocycles. The van der Waals surface area contributed by atoms with Gasteiger partial charge in [0, 0.05) is 9.92 Å². The number of carbonyl (C=O) groups is 1. The molecule has 0 atom stereocenters. The van der Waals surface area contributed by atoms with Crippen LogP contribution in [-0.4, -0.2) is 13.0 Å². The summed E-state index contributed by atoms with van der Waals surface area (Å²) in [5.74, 6) is 2.38. The normalized spacial score (nSPS) is 9.21. The Kier molecular flexibility index (Phi) is 3.87. The molecule has 14 heavy (non-hydrogen) atoms. The second-order valence-corrected chi connectivity index (χ2v) is 3.49. The third kappa shape index (κ3) is 2.44. The second-order valence-electron chi connectivity index (χ2n) is 2.57. The molecule has 0 N–H and O–H groups in total. The Labute approximate surface area is 93.3 Å². The van der Waals surface area contributed by atoms with Crippen molar-refractivity contribution in [1.82, 2.24) is 0 Å². The molecular weight excluding hydrogens is 218 g/mol. The summed E-state index contributed by atoms with van der Waals surface area (Å²) in [5.41, 5.74) is 0.619. The Morgan fingerprint density at radius 2 is 2.36 bits per heavy atom. The van der Waals surface area contributed by atoms with E-state index in [0.717, 1.165) is 0 Å². The summed E-state index contributed by atoms with van der Waals surface area (Å²) in [4.78, 5) is 12.7. The van der Waals surface area contributed by atoms with Crippen molar-refractivity contribution in [2.75, 3.05) is 11.4 Å². The van der Waals surface area contributed by atoms with E-state index in [2.05, 4.69) is 18.5 Å². The molecule has 4 heteroatoms. The molecule has 0 aliphatic carbocycles. The zero-order valence-electron chi connectivity index (χ0n) is 7.27. The van der Waals surface area contributed by atoms with Gasteiger partial charge < -0.3 is 4.90 Å². The van der Waals surface area contributed by atoms with E-state index in [1.54, 1.807) is 18.2 Å². The molecule has 0 aliphatic rings. The Hall–Kier alpha value is -1.11. The summed E-state index contributed by atoms with van der Waals surface area (Å²) in [7, 11) is 0. The summed E-state index contributed by atoms with van der Waals surface area (Å²) in [6.07, 6.45) is 5.78. The van der Waals surface area contributed by atoms with Crippen molar-refractivity contribution in [3.8, 4) is 12.3 Å². The fourth-order valence-electron chi connectivity index (χ4n) is 1.00. The Morgan fingerprint density at radius 1 is 1.64 bits per heavy atom. The van der Waals surface area contributed by atoms with E-state index in [0.29, 0.717) is 22.0 Å². The predicted octanol–water partition coefficient (Wildman–Crippen LogP) is 2.22.